The summed E-state index contributed by atoms with van der Waals surface area (Å²) < 4.78 is 0.812. The molecule has 82 valence electrons. The van der Waals surface area contributed by atoms with Crippen LogP contribution in [0.1, 0.15) is 10.4 Å². The summed E-state index contributed by atoms with van der Waals surface area (Å²) in [5.41, 5.74) is 0.683. The van der Waals surface area contributed by atoms with Crippen molar-refractivity contribution in [1.29, 1.82) is 0 Å². The largest absolute Gasteiger partial charge is 0.395 e. The van der Waals surface area contributed by atoms with E-state index in [0.29, 0.717) is 18.7 Å². The highest BCUT2D eigenvalue weighted by molar-refractivity contribution is 9.10. The molecule has 1 aromatic rings. The lowest BCUT2D eigenvalue weighted by Gasteiger charge is -2.14. The van der Waals surface area contributed by atoms with Gasteiger partial charge in [0.25, 0.3) is 0 Å². The molecule has 0 aliphatic rings. The van der Waals surface area contributed by atoms with Gasteiger partial charge in [-0.1, -0.05) is 34.1 Å². The van der Waals surface area contributed by atoms with Gasteiger partial charge in [0.15, 0.2) is 5.78 Å². The number of benzene rings is 1. The average Bonchev–Trinajstić information content (AvgIpc) is 2.18. The lowest BCUT2D eigenvalue weighted by molar-refractivity contribution is 0.0935. The van der Waals surface area contributed by atoms with Gasteiger partial charge in [-0.15, -0.1) is 0 Å². The Kier molecular flexibility index (Phi) is 4.94. The highest BCUT2D eigenvalue weighted by Gasteiger charge is 2.11. The fraction of sp³-hybridized carbons (Fsp3) is 0.364. The van der Waals surface area contributed by atoms with Gasteiger partial charge in [-0.25, -0.2) is 0 Å². The minimum Gasteiger partial charge on any atom is -0.395 e. The molecule has 0 unspecified atom stereocenters. The minimum absolute atomic E-state index is 0.0541. The Hall–Kier alpha value is -0.710. The number of aliphatic hydroxyl groups excluding tert-OH is 1. The zero-order valence-electron chi connectivity index (χ0n) is 8.61. The van der Waals surface area contributed by atoms with E-state index >= 15 is 0 Å². The van der Waals surface area contributed by atoms with Crippen molar-refractivity contribution in [2.24, 2.45) is 0 Å². The number of hydrogen-bond acceptors (Lipinski definition) is 3. The molecule has 0 atom stereocenters. The van der Waals surface area contributed by atoms with Crippen LogP contribution in [0.4, 0.5) is 0 Å². The first kappa shape index (κ1) is 12.4. The lowest BCUT2D eigenvalue weighted by Crippen LogP contribution is -2.28. The van der Waals surface area contributed by atoms with Gasteiger partial charge in [0.2, 0.25) is 0 Å². The number of carbonyl (C=O) groups excluding carboxylic acids is 1. The Bertz CT molecular complexity index is 341. The molecule has 0 aliphatic heterocycles. The van der Waals surface area contributed by atoms with Crippen LogP contribution < -0.4 is 0 Å². The molecule has 0 aliphatic carbocycles. The number of ketones is 1. The summed E-state index contributed by atoms with van der Waals surface area (Å²) in [4.78, 5) is 13.6. The maximum Gasteiger partial charge on any atom is 0.177 e. The minimum atomic E-state index is 0.0541. The zero-order chi connectivity index (χ0) is 11.3. The Morgan fingerprint density at radius 1 is 1.47 bits per heavy atom. The van der Waals surface area contributed by atoms with Crippen molar-refractivity contribution >= 4 is 21.7 Å². The summed E-state index contributed by atoms with van der Waals surface area (Å²) in [5, 5.41) is 8.71. The summed E-state index contributed by atoms with van der Waals surface area (Å²) in [6, 6.07) is 7.35. The maximum atomic E-state index is 11.8. The maximum absolute atomic E-state index is 11.8. The number of rotatable bonds is 5. The first-order chi connectivity index (χ1) is 7.15. The summed E-state index contributed by atoms with van der Waals surface area (Å²) in [7, 11) is 1.81. The normalized spacial score (nSPS) is 10.7. The van der Waals surface area contributed by atoms with Gasteiger partial charge in [-0.2, -0.15) is 0 Å². The van der Waals surface area contributed by atoms with Crippen molar-refractivity contribution in [3.63, 3.8) is 0 Å². The number of aliphatic hydroxyl groups is 1. The topological polar surface area (TPSA) is 40.5 Å². The number of carbonyl (C=O) groups is 1. The summed E-state index contributed by atoms with van der Waals surface area (Å²) in [6.07, 6.45) is 0. The lowest BCUT2D eigenvalue weighted by atomic mass is 10.1. The molecule has 1 rings (SSSR count). The second-order valence-corrected chi connectivity index (χ2v) is 4.22. The molecular weight excluding hydrogens is 258 g/mol. The van der Waals surface area contributed by atoms with Crippen LogP contribution in [0.2, 0.25) is 0 Å². The first-order valence-corrected chi connectivity index (χ1v) is 5.51. The molecular formula is C11H14BrNO2. The molecule has 0 aromatic heterocycles. The molecule has 0 spiro atoms. The number of nitrogens with zero attached hydrogens (tertiary/aromatic N) is 1. The van der Waals surface area contributed by atoms with Crippen molar-refractivity contribution in [1.82, 2.24) is 4.90 Å². The zero-order valence-corrected chi connectivity index (χ0v) is 10.2. The van der Waals surface area contributed by atoms with E-state index in [9.17, 15) is 4.79 Å². The molecule has 1 aromatic carbocycles. The van der Waals surface area contributed by atoms with Crippen LogP contribution in [0.5, 0.6) is 0 Å². The molecule has 1 N–H and O–H groups in total. The third-order valence-corrected chi connectivity index (χ3v) is 2.76. The fourth-order valence-electron chi connectivity index (χ4n) is 1.27. The molecule has 0 fully saturated rings. The van der Waals surface area contributed by atoms with E-state index in [4.69, 9.17) is 5.11 Å². The van der Waals surface area contributed by atoms with Gasteiger partial charge < -0.3 is 5.11 Å². The number of Topliss-reactive ketones (excluding diaryl/α,β-unsaturated/α-hetero) is 1. The predicted molar refractivity (Wildman–Crippen MR) is 63.1 cm³/mol. The highest BCUT2D eigenvalue weighted by atomic mass is 79.9. The Balaban J connectivity index is 2.65. The number of hydrogen-bond donors (Lipinski definition) is 1. The standard InChI is InChI=1S/C11H14BrNO2/c1-13(6-7-14)8-11(15)9-4-2-3-5-10(9)12/h2-5,14H,6-8H2,1H3. The van der Waals surface area contributed by atoms with E-state index in [1.54, 1.807) is 11.0 Å². The average molecular weight is 272 g/mol. The van der Waals surface area contributed by atoms with Crippen molar-refractivity contribution < 1.29 is 9.90 Å². The monoisotopic (exact) mass is 271 g/mol. The van der Waals surface area contributed by atoms with Gasteiger partial charge in [0.05, 0.1) is 13.2 Å². The van der Waals surface area contributed by atoms with Gasteiger partial charge >= 0.3 is 0 Å². The second kappa shape index (κ2) is 6.00. The molecule has 0 radical (unpaired) electrons. The van der Waals surface area contributed by atoms with E-state index in [-0.39, 0.29) is 12.4 Å². The summed E-state index contributed by atoms with van der Waals surface area (Å²) in [6.45, 7) is 0.902. The Morgan fingerprint density at radius 3 is 2.73 bits per heavy atom. The second-order valence-electron chi connectivity index (χ2n) is 3.36. The van der Waals surface area contributed by atoms with Crippen molar-refractivity contribution in [3.8, 4) is 0 Å². The Morgan fingerprint density at radius 2 is 2.13 bits per heavy atom. The predicted octanol–water partition coefficient (Wildman–Crippen LogP) is 1.56. The summed E-state index contributed by atoms with van der Waals surface area (Å²) >= 11 is 3.34. The molecule has 0 saturated heterocycles. The molecule has 0 saturated carbocycles. The molecule has 3 nitrogen and oxygen atoms in total. The van der Waals surface area contributed by atoms with E-state index in [1.807, 2.05) is 25.2 Å². The van der Waals surface area contributed by atoms with Crippen LogP contribution >= 0.6 is 15.9 Å². The van der Waals surface area contributed by atoms with Crippen LogP contribution in [0.15, 0.2) is 28.7 Å². The molecule has 15 heavy (non-hydrogen) atoms. The quantitative estimate of drug-likeness (QED) is 0.827. The third kappa shape index (κ3) is 3.74. The van der Waals surface area contributed by atoms with Gasteiger partial charge in [0, 0.05) is 16.6 Å². The van der Waals surface area contributed by atoms with Crippen molar-refractivity contribution in [3.05, 3.63) is 34.3 Å². The van der Waals surface area contributed by atoms with Crippen LogP contribution in [-0.2, 0) is 0 Å². The smallest absolute Gasteiger partial charge is 0.177 e. The number of likely N-dealkylation sites (N-methyl/N-ethyl adjacent to an activating group) is 1. The van der Waals surface area contributed by atoms with Crippen LogP contribution in [0.25, 0.3) is 0 Å². The van der Waals surface area contributed by atoms with E-state index in [2.05, 4.69) is 15.9 Å². The Labute approximate surface area is 97.8 Å². The molecule has 4 heteroatoms. The van der Waals surface area contributed by atoms with E-state index in [1.165, 1.54) is 0 Å². The number of halogens is 1. The van der Waals surface area contributed by atoms with Crippen LogP contribution in [0.3, 0.4) is 0 Å². The van der Waals surface area contributed by atoms with Crippen LogP contribution in [0, 0.1) is 0 Å². The molecule has 0 heterocycles. The first-order valence-electron chi connectivity index (χ1n) is 4.72. The SMILES string of the molecule is CN(CCO)CC(=O)c1ccccc1Br. The third-order valence-electron chi connectivity index (χ3n) is 2.07. The molecule has 0 amide bonds. The van der Waals surface area contributed by atoms with Gasteiger partial charge in [-0.05, 0) is 13.1 Å². The van der Waals surface area contributed by atoms with Crippen LogP contribution in [-0.4, -0.2) is 42.5 Å². The fourth-order valence-corrected chi connectivity index (χ4v) is 1.77. The summed E-state index contributed by atoms with van der Waals surface area (Å²) in [5.74, 6) is 0.0541. The van der Waals surface area contributed by atoms with E-state index < -0.39 is 0 Å². The van der Waals surface area contributed by atoms with Gasteiger partial charge in [-0.3, -0.25) is 9.69 Å². The molecule has 0 bridgehead atoms. The van der Waals surface area contributed by atoms with Gasteiger partial charge in [0.1, 0.15) is 0 Å². The van der Waals surface area contributed by atoms with Crippen molar-refractivity contribution in [2.45, 2.75) is 0 Å². The van der Waals surface area contributed by atoms with E-state index in [0.717, 1.165) is 4.47 Å². The highest BCUT2D eigenvalue weighted by Crippen LogP contribution is 2.16. The van der Waals surface area contributed by atoms with Crippen molar-refractivity contribution in [2.75, 3.05) is 26.7 Å².